The minimum Gasteiger partial charge on any atom is -0.345 e. The van der Waals surface area contributed by atoms with Crippen LogP contribution in [-0.4, -0.2) is 58.1 Å². The van der Waals surface area contributed by atoms with Crippen LogP contribution in [-0.2, 0) is 11.3 Å². The second-order valence-electron chi connectivity index (χ2n) is 7.21. The molecule has 8 nitrogen and oxygen atoms in total. The van der Waals surface area contributed by atoms with E-state index in [9.17, 15) is 9.59 Å². The number of carbonyl (C=O) groups excluding carboxylic acids is 1. The Morgan fingerprint density at radius 3 is 2.77 bits per heavy atom. The molecule has 3 heterocycles. The van der Waals surface area contributed by atoms with E-state index in [1.54, 1.807) is 18.2 Å². The van der Waals surface area contributed by atoms with Crippen molar-refractivity contribution in [1.29, 1.82) is 0 Å². The summed E-state index contributed by atoms with van der Waals surface area (Å²) < 4.78 is 1.78. The van der Waals surface area contributed by atoms with Crippen LogP contribution in [0.5, 0.6) is 0 Å². The molecule has 4 rings (SSSR count). The number of likely N-dealkylation sites (N-methyl/N-ethyl adjacent to an activating group) is 1. The van der Waals surface area contributed by atoms with Crippen molar-refractivity contribution in [2.24, 2.45) is 0 Å². The lowest BCUT2D eigenvalue weighted by Crippen LogP contribution is -2.46. The van der Waals surface area contributed by atoms with Crippen LogP contribution >= 0.6 is 22.9 Å². The lowest BCUT2D eigenvalue weighted by molar-refractivity contribution is -0.116. The minimum atomic E-state index is -0.316. The fourth-order valence-electron chi connectivity index (χ4n) is 3.43. The molecule has 0 unspecified atom stereocenters. The second-order valence-corrected chi connectivity index (χ2v) is 8.59. The third-order valence-electron chi connectivity index (χ3n) is 5.32. The average Bonchev–Trinajstić information content (AvgIpc) is 3.19. The molecule has 2 aromatic heterocycles. The molecule has 1 fully saturated rings. The van der Waals surface area contributed by atoms with Crippen molar-refractivity contribution >= 4 is 50.0 Å². The van der Waals surface area contributed by atoms with E-state index in [1.807, 2.05) is 6.92 Å². The number of piperazine rings is 1. The largest absolute Gasteiger partial charge is 0.345 e. The van der Waals surface area contributed by atoms with Crippen LogP contribution in [0.4, 0.5) is 10.8 Å². The molecule has 1 aromatic carbocycles. The highest BCUT2D eigenvalue weighted by molar-refractivity contribution is 7.22. The van der Waals surface area contributed by atoms with Gasteiger partial charge in [0.15, 0.2) is 10.8 Å². The fourth-order valence-corrected chi connectivity index (χ4v) is 4.62. The number of aromatic nitrogens is 3. The third kappa shape index (κ3) is 4.19. The summed E-state index contributed by atoms with van der Waals surface area (Å²) in [7, 11) is 0. The third-order valence-corrected chi connectivity index (χ3v) is 6.82. The monoisotopic (exact) mass is 446 g/mol. The lowest BCUT2D eigenvalue weighted by Gasteiger charge is -2.33. The van der Waals surface area contributed by atoms with Crippen molar-refractivity contribution in [3.8, 4) is 0 Å². The zero-order chi connectivity index (χ0) is 21.3. The van der Waals surface area contributed by atoms with Crippen LogP contribution in [0, 0.1) is 6.92 Å². The van der Waals surface area contributed by atoms with Gasteiger partial charge in [-0.25, -0.2) is 4.98 Å². The normalized spacial score (nSPS) is 15.0. The van der Waals surface area contributed by atoms with E-state index in [4.69, 9.17) is 11.6 Å². The number of fused-ring (bicyclic) bond motifs is 1. The molecule has 0 saturated carbocycles. The Kier molecular flexibility index (Phi) is 6.03. The van der Waals surface area contributed by atoms with E-state index in [1.165, 1.54) is 22.2 Å². The first kappa shape index (κ1) is 20.8. The van der Waals surface area contributed by atoms with Gasteiger partial charge in [0.2, 0.25) is 5.91 Å². The molecule has 30 heavy (non-hydrogen) atoms. The van der Waals surface area contributed by atoms with Crippen molar-refractivity contribution in [3.63, 3.8) is 0 Å². The number of thiazole rings is 1. The van der Waals surface area contributed by atoms with E-state index in [-0.39, 0.29) is 18.0 Å². The maximum Gasteiger partial charge on any atom is 0.273 e. The number of benzene rings is 1. The average molecular weight is 447 g/mol. The van der Waals surface area contributed by atoms with Gasteiger partial charge in [0, 0.05) is 36.9 Å². The molecule has 1 N–H and O–H groups in total. The van der Waals surface area contributed by atoms with Crippen molar-refractivity contribution in [3.05, 3.63) is 45.5 Å². The minimum absolute atomic E-state index is 0.129. The summed E-state index contributed by atoms with van der Waals surface area (Å²) in [6, 6.07) is 5.30. The van der Waals surface area contributed by atoms with E-state index in [0.717, 1.165) is 43.4 Å². The van der Waals surface area contributed by atoms with Crippen LogP contribution in [0.15, 0.2) is 29.3 Å². The van der Waals surface area contributed by atoms with Gasteiger partial charge in [-0.3, -0.25) is 14.2 Å². The fraction of sp³-hybridized carbons (Fsp3) is 0.400. The zero-order valence-corrected chi connectivity index (χ0v) is 18.5. The number of hydrogen-bond donors (Lipinski definition) is 1. The molecule has 0 aliphatic carbocycles. The van der Waals surface area contributed by atoms with E-state index < -0.39 is 0 Å². The van der Waals surface area contributed by atoms with Gasteiger partial charge >= 0.3 is 0 Å². The highest BCUT2D eigenvalue weighted by Gasteiger charge is 2.21. The molecule has 1 amide bonds. The molecule has 1 saturated heterocycles. The molecule has 0 radical (unpaired) electrons. The number of nitrogens with one attached hydrogen (secondary N) is 1. The molecule has 10 heteroatoms. The van der Waals surface area contributed by atoms with Crippen molar-refractivity contribution in [2.45, 2.75) is 20.4 Å². The molecule has 3 aromatic rings. The maximum absolute atomic E-state index is 12.9. The van der Waals surface area contributed by atoms with E-state index in [0.29, 0.717) is 21.1 Å². The number of hydrogen-bond acceptors (Lipinski definition) is 7. The Morgan fingerprint density at radius 2 is 2.03 bits per heavy atom. The number of halogens is 1. The summed E-state index contributed by atoms with van der Waals surface area (Å²) in [6.45, 7) is 8.61. The number of anilines is 2. The summed E-state index contributed by atoms with van der Waals surface area (Å²) in [5.74, 6) is -0.316. The van der Waals surface area contributed by atoms with Crippen molar-refractivity contribution in [1.82, 2.24) is 19.4 Å². The topological polar surface area (TPSA) is 83.4 Å². The number of amides is 1. The van der Waals surface area contributed by atoms with Gasteiger partial charge in [0.1, 0.15) is 17.6 Å². The first-order valence-corrected chi connectivity index (χ1v) is 11.0. The SMILES string of the molecule is CCN1CCN(c2nc3ncn(CC(=O)Nc4cccc(Cl)c4C)c(=O)c3s2)CC1. The molecule has 0 atom stereocenters. The Bertz CT molecular complexity index is 1140. The van der Waals surface area contributed by atoms with Crippen molar-refractivity contribution in [2.75, 3.05) is 42.9 Å². The number of carbonyl (C=O) groups is 1. The van der Waals surface area contributed by atoms with E-state index >= 15 is 0 Å². The van der Waals surface area contributed by atoms with Crippen LogP contribution < -0.4 is 15.8 Å². The van der Waals surface area contributed by atoms with Gasteiger partial charge in [-0.05, 0) is 31.2 Å². The van der Waals surface area contributed by atoms with Gasteiger partial charge in [-0.15, -0.1) is 0 Å². The summed E-state index contributed by atoms with van der Waals surface area (Å²) in [5.41, 5.74) is 1.58. The first-order chi connectivity index (χ1) is 14.5. The van der Waals surface area contributed by atoms with Gasteiger partial charge in [0.25, 0.3) is 5.56 Å². The van der Waals surface area contributed by atoms with Crippen LogP contribution in [0.1, 0.15) is 12.5 Å². The summed E-state index contributed by atoms with van der Waals surface area (Å²) in [6.07, 6.45) is 1.38. The molecular weight excluding hydrogens is 424 g/mol. The number of nitrogens with zero attached hydrogens (tertiary/aromatic N) is 5. The predicted molar refractivity (Wildman–Crippen MR) is 121 cm³/mol. The Hall–Kier alpha value is -2.49. The Balaban J connectivity index is 1.51. The smallest absolute Gasteiger partial charge is 0.273 e. The summed E-state index contributed by atoms with van der Waals surface area (Å²) in [5, 5.41) is 4.19. The Labute approximate surface area is 183 Å². The first-order valence-electron chi connectivity index (χ1n) is 9.84. The molecule has 158 valence electrons. The van der Waals surface area contributed by atoms with Crippen LogP contribution in [0.25, 0.3) is 10.3 Å². The van der Waals surface area contributed by atoms with Gasteiger partial charge in [-0.2, -0.15) is 4.98 Å². The van der Waals surface area contributed by atoms with Gasteiger partial charge < -0.3 is 15.1 Å². The molecular formula is C20H23ClN6O2S. The van der Waals surface area contributed by atoms with Crippen molar-refractivity contribution < 1.29 is 4.79 Å². The number of rotatable bonds is 5. The van der Waals surface area contributed by atoms with E-state index in [2.05, 4.69) is 32.0 Å². The molecule has 0 bridgehead atoms. The van der Waals surface area contributed by atoms with Gasteiger partial charge in [0.05, 0.1) is 0 Å². The standard InChI is InChI=1S/C20H23ClN6O2S/c1-3-25-7-9-26(10-8-25)20-24-18-17(30-20)19(29)27(12-22-18)11-16(28)23-15-6-4-5-14(21)13(15)2/h4-6,12H,3,7-11H2,1-2H3,(H,23,28). The van der Waals surface area contributed by atoms with Crippen LogP contribution in [0.3, 0.4) is 0 Å². The quantitative estimate of drug-likeness (QED) is 0.648. The molecule has 0 spiro atoms. The molecule has 1 aliphatic rings. The van der Waals surface area contributed by atoms with Gasteiger partial charge in [-0.1, -0.05) is 35.9 Å². The maximum atomic E-state index is 12.9. The zero-order valence-electron chi connectivity index (χ0n) is 16.9. The second kappa shape index (κ2) is 8.71. The highest BCUT2D eigenvalue weighted by atomic mass is 35.5. The summed E-state index contributed by atoms with van der Waals surface area (Å²) in [4.78, 5) is 38.8. The highest BCUT2D eigenvalue weighted by Crippen LogP contribution is 2.26. The molecule has 1 aliphatic heterocycles. The van der Waals surface area contributed by atoms with Crippen LogP contribution in [0.2, 0.25) is 5.02 Å². The predicted octanol–water partition coefficient (Wildman–Crippen LogP) is 2.60. The summed E-state index contributed by atoms with van der Waals surface area (Å²) >= 11 is 7.44. The lowest BCUT2D eigenvalue weighted by atomic mass is 10.2. The Morgan fingerprint density at radius 1 is 1.27 bits per heavy atom.